The summed E-state index contributed by atoms with van der Waals surface area (Å²) >= 11 is 6.38. The van der Waals surface area contributed by atoms with Gasteiger partial charge in [-0.25, -0.2) is 19.1 Å². The Kier molecular flexibility index (Phi) is 10.7. The number of benzene rings is 3. The van der Waals surface area contributed by atoms with Crippen LogP contribution in [0, 0.1) is 26.6 Å². The third-order valence-corrected chi connectivity index (χ3v) is 8.42. The molecule has 0 bridgehead atoms. The van der Waals surface area contributed by atoms with Crippen LogP contribution < -0.4 is 15.0 Å². The second-order valence-corrected chi connectivity index (χ2v) is 12.2. The van der Waals surface area contributed by atoms with Gasteiger partial charge in [-0.3, -0.25) is 0 Å². The predicted octanol–water partition coefficient (Wildman–Crippen LogP) is 7.23. The number of aromatic nitrogens is 2. The fraction of sp³-hybridized carbons (Fsp3) is 0.343. The van der Waals surface area contributed by atoms with Crippen molar-refractivity contribution in [2.45, 2.75) is 33.2 Å². The van der Waals surface area contributed by atoms with Crippen molar-refractivity contribution in [2.24, 2.45) is 0 Å². The molecule has 1 aromatic heterocycles. The maximum Gasteiger partial charge on any atom is 0.413 e. The molecule has 0 spiro atoms. The number of likely N-dealkylation sites (N-methyl/N-ethyl adjacent to an activating group) is 1. The third-order valence-electron chi connectivity index (χ3n) is 8.19. The van der Waals surface area contributed by atoms with Crippen LogP contribution in [0.5, 0.6) is 5.75 Å². The van der Waals surface area contributed by atoms with E-state index in [4.69, 9.17) is 16.3 Å². The lowest BCUT2D eigenvalue weighted by atomic mass is 9.89. The summed E-state index contributed by atoms with van der Waals surface area (Å²) in [5.41, 5.74) is 4.89. The molecule has 1 saturated heterocycles. The van der Waals surface area contributed by atoms with Crippen LogP contribution in [-0.2, 0) is 0 Å². The van der Waals surface area contributed by atoms with Gasteiger partial charge in [0.25, 0.3) is 0 Å². The van der Waals surface area contributed by atoms with Gasteiger partial charge in [0, 0.05) is 55.7 Å². The van der Waals surface area contributed by atoms with E-state index in [1.54, 1.807) is 30.3 Å². The van der Waals surface area contributed by atoms with Gasteiger partial charge in [-0.05, 0) is 86.8 Å². The van der Waals surface area contributed by atoms with E-state index in [-0.39, 0.29) is 17.5 Å². The summed E-state index contributed by atoms with van der Waals surface area (Å²) in [7, 11) is 2.13. The number of hydrogen-bond donors (Lipinski definition) is 2. The van der Waals surface area contributed by atoms with Crippen molar-refractivity contribution in [1.82, 2.24) is 19.8 Å². The molecule has 1 aliphatic heterocycles. The molecule has 0 saturated carbocycles. The molecule has 242 valence electrons. The van der Waals surface area contributed by atoms with E-state index in [0.717, 1.165) is 61.4 Å². The number of ether oxygens (including phenoxy) is 1. The van der Waals surface area contributed by atoms with Crippen molar-refractivity contribution >= 4 is 35.1 Å². The number of nitrogens with zero attached hydrogens (tertiary/aromatic N) is 5. The third kappa shape index (κ3) is 8.12. The summed E-state index contributed by atoms with van der Waals surface area (Å²) in [5, 5.41) is 14.1. The Morgan fingerprint density at radius 1 is 1.07 bits per heavy atom. The number of rotatable bonds is 11. The topological polar surface area (TPSA) is 94.1 Å². The van der Waals surface area contributed by atoms with Gasteiger partial charge < -0.3 is 25.0 Å². The van der Waals surface area contributed by atoms with Crippen LogP contribution >= 0.6 is 11.6 Å². The summed E-state index contributed by atoms with van der Waals surface area (Å²) in [6.45, 7) is 11.4. The minimum Gasteiger partial charge on any atom is -0.490 e. The van der Waals surface area contributed by atoms with E-state index in [1.165, 1.54) is 23.2 Å². The molecule has 1 unspecified atom stereocenters. The van der Waals surface area contributed by atoms with Crippen molar-refractivity contribution in [1.29, 1.82) is 0 Å². The zero-order valence-electron chi connectivity index (χ0n) is 26.6. The lowest BCUT2D eigenvalue weighted by Crippen LogP contribution is -2.44. The fourth-order valence-electron chi connectivity index (χ4n) is 5.99. The smallest absolute Gasteiger partial charge is 0.413 e. The number of hydrogen-bond acceptors (Lipinski definition) is 7. The van der Waals surface area contributed by atoms with Crippen molar-refractivity contribution in [3.05, 3.63) is 106 Å². The number of carbonyl (C=O) groups is 1. The van der Waals surface area contributed by atoms with E-state index in [0.29, 0.717) is 22.9 Å². The SMILES string of the molecule is Cc1cc(C)c(C(c2cccc(Cl)c2)N(C(=O)O)c2ccnc(Nc3ccc(OCCCN4CCN(C)CC4)c(F)c3)n2)c(C)c1. The molecular formula is C35H40ClFN6O3. The Morgan fingerprint density at radius 3 is 2.48 bits per heavy atom. The molecule has 1 amide bonds. The molecule has 0 aliphatic carbocycles. The van der Waals surface area contributed by atoms with E-state index in [2.05, 4.69) is 32.1 Å². The van der Waals surface area contributed by atoms with Gasteiger partial charge in [-0.15, -0.1) is 0 Å². The molecule has 1 atom stereocenters. The van der Waals surface area contributed by atoms with Gasteiger partial charge in [0.2, 0.25) is 5.95 Å². The molecule has 2 N–H and O–H groups in total. The van der Waals surface area contributed by atoms with Gasteiger partial charge in [-0.1, -0.05) is 41.4 Å². The van der Waals surface area contributed by atoms with Crippen LogP contribution in [0.15, 0.2) is 66.9 Å². The van der Waals surface area contributed by atoms with E-state index in [1.807, 2.05) is 39.0 Å². The van der Waals surface area contributed by atoms with Gasteiger partial charge in [-0.2, -0.15) is 4.98 Å². The molecule has 2 heterocycles. The average molecular weight is 647 g/mol. The van der Waals surface area contributed by atoms with Crippen molar-refractivity contribution < 1.29 is 19.0 Å². The lowest BCUT2D eigenvalue weighted by molar-refractivity contribution is 0.145. The van der Waals surface area contributed by atoms with Crippen LogP contribution in [-0.4, -0.2) is 77.3 Å². The number of anilines is 3. The van der Waals surface area contributed by atoms with Gasteiger partial charge in [0.05, 0.1) is 12.6 Å². The molecule has 1 fully saturated rings. The number of amides is 1. The average Bonchev–Trinajstić information content (AvgIpc) is 3.00. The first-order valence-corrected chi connectivity index (χ1v) is 15.8. The molecule has 4 aromatic rings. The first-order valence-electron chi connectivity index (χ1n) is 15.4. The Labute approximate surface area is 274 Å². The molecule has 0 radical (unpaired) electrons. The molecule has 46 heavy (non-hydrogen) atoms. The van der Waals surface area contributed by atoms with Crippen LogP contribution in [0.3, 0.4) is 0 Å². The van der Waals surface area contributed by atoms with Crippen LogP contribution in [0.2, 0.25) is 5.02 Å². The minimum atomic E-state index is -1.20. The van der Waals surface area contributed by atoms with Gasteiger partial charge >= 0.3 is 6.09 Å². The quantitative estimate of drug-likeness (QED) is 0.165. The number of carboxylic acid groups (broad SMARTS) is 1. The second-order valence-electron chi connectivity index (χ2n) is 11.8. The van der Waals surface area contributed by atoms with E-state index >= 15 is 0 Å². The minimum absolute atomic E-state index is 0.117. The predicted molar refractivity (Wildman–Crippen MR) is 180 cm³/mol. The first-order chi connectivity index (χ1) is 22.1. The highest BCUT2D eigenvalue weighted by Gasteiger charge is 2.32. The summed E-state index contributed by atoms with van der Waals surface area (Å²) < 4.78 is 20.7. The van der Waals surface area contributed by atoms with Crippen molar-refractivity contribution in [3.63, 3.8) is 0 Å². The zero-order valence-corrected chi connectivity index (χ0v) is 27.4. The largest absolute Gasteiger partial charge is 0.490 e. The Hall–Kier alpha value is -4.25. The monoisotopic (exact) mass is 646 g/mol. The van der Waals surface area contributed by atoms with Crippen LogP contribution in [0.4, 0.5) is 26.6 Å². The van der Waals surface area contributed by atoms with E-state index in [9.17, 15) is 14.3 Å². The van der Waals surface area contributed by atoms with Crippen molar-refractivity contribution in [3.8, 4) is 5.75 Å². The van der Waals surface area contributed by atoms with Gasteiger partial charge in [0.1, 0.15) is 5.82 Å². The highest BCUT2D eigenvalue weighted by atomic mass is 35.5. The second kappa shape index (κ2) is 14.9. The molecule has 11 heteroatoms. The highest BCUT2D eigenvalue weighted by Crippen LogP contribution is 2.37. The van der Waals surface area contributed by atoms with Crippen molar-refractivity contribution in [2.75, 3.05) is 56.6 Å². The fourth-order valence-corrected chi connectivity index (χ4v) is 6.19. The molecule has 1 aliphatic rings. The number of aryl methyl sites for hydroxylation is 3. The highest BCUT2D eigenvalue weighted by molar-refractivity contribution is 6.30. The number of halogens is 2. The Bertz CT molecular complexity index is 1660. The summed E-state index contributed by atoms with van der Waals surface area (Å²) in [6.07, 6.45) is 1.08. The molecule has 3 aromatic carbocycles. The normalized spacial score (nSPS) is 14.6. The molecular weight excluding hydrogens is 607 g/mol. The lowest BCUT2D eigenvalue weighted by Gasteiger charge is -2.32. The summed E-state index contributed by atoms with van der Waals surface area (Å²) in [5.74, 6) is -0.0792. The number of nitrogens with one attached hydrogen (secondary N) is 1. The summed E-state index contributed by atoms with van der Waals surface area (Å²) in [6, 6.07) is 16.6. The summed E-state index contributed by atoms with van der Waals surface area (Å²) in [4.78, 5) is 27.7. The standard InChI is InChI=1S/C35H40ClFN6O3/c1-23-19-24(2)32(25(3)20-23)33(26-7-5-8-27(36)21-26)43(35(44)45)31-11-12-38-34(40-31)39-28-9-10-30(29(37)22-28)46-18-6-13-42-16-14-41(4)15-17-42/h5,7-12,19-22,33H,6,13-18H2,1-4H3,(H,44,45)(H,38,39,40). The first kappa shape index (κ1) is 33.1. The zero-order chi connectivity index (χ0) is 32.8. The van der Waals surface area contributed by atoms with Crippen LogP contribution in [0.1, 0.15) is 40.3 Å². The Morgan fingerprint density at radius 2 is 1.80 bits per heavy atom. The van der Waals surface area contributed by atoms with E-state index < -0.39 is 18.0 Å². The Balaban J connectivity index is 1.35. The van der Waals surface area contributed by atoms with Crippen LogP contribution in [0.25, 0.3) is 0 Å². The maximum absolute atomic E-state index is 15.0. The number of piperazine rings is 1. The molecule has 9 nitrogen and oxygen atoms in total. The molecule has 5 rings (SSSR count). The van der Waals surface area contributed by atoms with Gasteiger partial charge in [0.15, 0.2) is 11.6 Å². The maximum atomic E-state index is 15.0.